The number of rotatable bonds is 1. The van der Waals surface area contributed by atoms with E-state index in [4.69, 9.17) is 17.3 Å². The summed E-state index contributed by atoms with van der Waals surface area (Å²) in [7, 11) is 0. The predicted octanol–water partition coefficient (Wildman–Crippen LogP) is 4.55. The van der Waals surface area contributed by atoms with Gasteiger partial charge in [0.2, 0.25) is 5.96 Å². The number of nitrogens with two attached hydrogens (primary N) is 1. The van der Waals surface area contributed by atoms with Crippen LogP contribution < -0.4 is 10.6 Å². The highest BCUT2D eigenvalue weighted by Gasteiger charge is 2.25. The lowest BCUT2D eigenvalue weighted by Gasteiger charge is -2.36. The number of aliphatic imine (C=N–C) groups is 1. The highest BCUT2D eigenvalue weighted by molar-refractivity contribution is 6.30. The molecule has 116 valence electrons. The maximum Gasteiger partial charge on any atom is 0.201 e. The molecule has 22 heavy (non-hydrogen) atoms. The topological polar surface area (TPSA) is 41.6 Å². The van der Waals surface area contributed by atoms with Gasteiger partial charge in [0.25, 0.3) is 0 Å². The van der Waals surface area contributed by atoms with Crippen molar-refractivity contribution in [2.75, 3.05) is 4.90 Å². The van der Waals surface area contributed by atoms with Crippen LogP contribution in [0.1, 0.15) is 18.9 Å². The third-order valence-electron chi connectivity index (χ3n) is 3.84. The number of para-hydroxylation sites is 1. The Morgan fingerprint density at radius 1 is 1.18 bits per heavy atom. The maximum absolute atomic E-state index is 6.27. The van der Waals surface area contributed by atoms with Crippen molar-refractivity contribution in [2.24, 2.45) is 10.7 Å². The molecule has 5 heteroatoms. The normalized spacial score (nSPS) is 17.6. The minimum Gasteiger partial charge on any atom is -0.369 e. The number of benzene rings is 2. The van der Waals surface area contributed by atoms with Gasteiger partial charge in [-0.25, -0.2) is 4.99 Å². The van der Waals surface area contributed by atoms with Crippen LogP contribution in [0.25, 0.3) is 0 Å². The molecule has 2 N–H and O–H groups in total. The Balaban J connectivity index is 0.00000176. The number of hydrogen-bond donors (Lipinski definition) is 1. The fourth-order valence-electron chi connectivity index (χ4n) is 2.74. The fraction of sp³-hybridized carbons (Fsp3) is 0.235. The minimum atomic E-state index is 0. The first-order valence-electron chi connectivity index (χ1n) is 7.12. The molecule has 1 atom stereocenters. The van der Waals surface area contributed by atoms with Gasteiger partial charge in [-0.1, -0.05) is 29.8 Å². The van der Waals surface area contributed by atoms with E-state index < -0.39 is 0 Å². The molecule has 0 spiro atoms. The Morgan fingerprint density at radius 3 is 2.59 bits per heavy atom. The zero-order valence-corrected chi connectivity index (χ0v) is 13.9. The summed E-state index contributed by atoms with van der Waals surface area (Å²) in [5.41, 5.74) is 9.56. The Bertz CT molecular complexity index is 668. The first kappa shape index (κ1) is 16.7. The summed E-state index contributed by atoms with van der Waals surface area (Å²) >= 11 is 5.90. The van der Waals surface area contributed by atoms with E-state index in [0.717, 1.165) is 24.2 Å². The largest absolute Gasteiger partial charge is 0.369 e. The molecule has 0 fully saturated rings. The van der Waals surface area contributed by atoms with E-state index in [1.165, 1.54) is 5.56 Å². The molecule has 0 aliphatic carbocycles. The van der Waals surface area contributed by atoms with Crippen LogP contribution in [0.2, 0.25) is 5.02 Å². The van der Waals surface area contributed by atoms with E-state index in [2.05, 4.69) is 35.0 Å². The zero-order valence-electron chi connectivity index (χ0n) is 12.4. The van der Waals surface area contributed by atoms with Gasteiger partial charge in [0, 0.05) is 16.8 Å². The second-order valence-electron chi connectivity index (χ2n) is 5.33. The van der Waals surface area contributed by atoms with Crippen molar-refractivity contribution in [3.05, 3.63) is 59.1 Å². The van der Waals surface area contributed by atoms with Crippen molar-refractivity contribution in [2.45, 2.75) is 25.8 Å². The van der Waals surface area contributed by atoms with E-state index in [1.54, 1.807) is 0 Å². The van der Waals surface area contributed by atoms with Crippen molar-refractivity contribution in [3.8, 4) is 0 Å². The van der Waals surface area contributed by atoms with Crippen LogP contribution in [-0.2, 0) is 6.42 Å². The van der Waals surface area contributed by atoms with Crippen molar-refractivity contribution in [1.82, 2.24) is 0 Å². The molecule has 0 aromatic heterocycles. The van der Waals surface area contributed by atoms with Crippen LogP contribution in [0.3, 0.4) is 0 Å². The Hall–Kier alpha value is -1.71. The summed E-state index contributed by atoms with van der Waals surface area (Å²) in [5.74, 6) is 0.525. The van der Waals surface area contributed by atoms with Crippen LogP contribution >= 0.6 is 24.0 Å². The molecule has 2 aromatic carbocycles. The monoisotopic (exact) mass is 335 g/mol. The molecule has 3 nitrogen and oxygen atoms in total. The smallest absolute Gasteiger partial charge is 0.201 e. The number of aryl methyl sites for hydroxylation is 1. The second-order valence-corrected chi connectivity index (χ2v) is 5.77. The van der Waals surface area contributed by atoms with E-state index in [9.17, 15) is 0 Å². The molecule has 1 aliphatic heterocycles. The standard InChI is InChI=1S/C17H18ClN3.ClH/c1-12-6-7-13-4-2-3-5-16(13)21(12)17(19)20-15-10-8-14(18)9-11-15;/h2-5,8-12H,6-7H2,1H3,(H2,19,20);1H. The molecule has 0 amide bonds. The summed E-state index contributed by atoms with van der Waals surface area (Å²) in [6.45, 7) is 2.18. The third kappa shape index (κ3) is 3.37. The lowest BCUT2D eigenvalue weighted by atomic mass is 9.97. The van der Waals surface area contributed by atoms with Crippen molar-refractivity contribution in [3.63, 3.8) is 0 Å². The van der Waals surface area contributed by atoms with Crippen molar-refractivity contribution in [1.29, 1.82) is 0 Å². The van der Waals surface area contributed by atoms with Gasteiger partial charge < -0.3 is 10.6 Å². The maximum atomic E-state index is 6.27. The van der Waals surface area contributed by atoms with E-state index in [1.807, 2.05) is 30.3 Å². The Morgan fingerprint density at radius 2 is 1.86 bits per heavy atom. The van der Waals surface area contributed by atoms with Crippen LogP contribution in [0.4, 0.5) is 11.4 Å². The SMILES string of the molecule is CC1CCc2ccccc2N1C(N)=Nc1ccc(Cl)cc1.Cl. The van der Waals surface area contributed by atoms with Crippen LogP contribution in [0.5, 0.6) is 0 Å². The highest BCUT2D eigenvalue weighted by atomic mass is 35.5. The molecule has 0 bridgehead atoms. The lowest BCUT2D eigenvalue weighted by Crippen LogP contribution is -2.46. The van der Waals surface area contributed by atoms with Crippen molar-refractivity contribution >= 4 is 41.3 Å². The van der Waals surface area contributed by atoms with E-state index in [-0.39, 0.29) is 12.4 Å². The second kappa shape index (κ2) is 7.03. The summed E-state index contributed by atoms with van der Waals surface area (Å²) in [6, 6.07) is 16.1. The summed E-state index contributed by atoms with van der Waals surface area (Å²) < 4.78 is 0. The molecule has 0 radical (unpaired) electrons. The number of anilines is 1. The molecule has 0 saturated carbocycles. The molecule has 1 unspecified atom stereocenters. The zero-order chi connectivity index (χ0) is 14.8. The summed E-state index contributed by atoms with van der Waals surface area (Å²) in [5, 5.41) is 0.698. The van der Waals surface area contributed by atoms with Gasteiger partial charge >= 0.3 is 0 Å². The molecular weight excluding hydrogens is 317 g/mol. The molecule has 3 rings (SSSR count). The average molecular weight is 336 g/mol. The summed E-state index contributed by atoms with van der Waals surface area (Å²) in [4.78, 5) is 6.65. The van der Waals surface area contributed by atoms with Gasteiger partial charge in [-0.05, 0) is 55.7 Å². The van der Waals surface area contributed by atoms with Gasteiger partial charge in [-0.3, -0.25) is 0 Å². The number of hydrogen-bond acceptors (Lipinski definition) is 1. The van der Waals surface area contributed by atoms with Crippen LogP contribution in [0, 0.1) is 0 Å². The van der Waals surface area contributed by atoms with Gasteiger partial charge in [-0.15, -0.1) is 12.4 Å². The Kier molecular flexibility index (Phi) is 5.33. The quantitative estimate of drug-likeness (QED) is 0.613. The molecule has 2 aromatic rings. The Labute approximate surface area is 142 Å². The van der Waals surface area contributed by atoms with E-state index in [0.29, 0.717) is 17.0 Å². The number of fused-ring (bicyclic) bond motifs is 1. The number of halogens is 2. The van der Waals surface area contributed by atoms with Gasteiger partial charge in [0.05, 0.1) is 5.69 Å². The van der Waals surface area contributed by atoms with E-state index >= 15 is 0 Å². The highest BCUT2D eigenvalue weighted by Crippen LogP contribution is 2.30. The molecule has 0 saturated heterocycles. The lowest BCUT2D eigenvalue weighted by molar-refractivity contribution is 0.626. The van der Waals surface area contributed by atoms with Crippen LogP contribution in [-0.4, -0.2) is 12.0 Å². The molecule has 1 aliphatic rings. The van der Waals surface area contributed by atoms with Gasteiger partial charge in [0.1, 0.15) is 0 Å². The van der Waals surface area contributed by atoms with Gasteiger partial charge in [-0.2, -0.15) is 0 Å². The van der Waals surface area contributed by atoms with Gasteiger partial charge in [0.15, 0.2) is 0 Å². The predicted molar refractivity (Wildman–Crippen MR) is 96.7 cm³/mol. The first-order chi connectivity index (χ1) is 10.1. The fourth-order valence-corrected chi connectivity index (χ4v) is 2.87. The number of nitrogens with zero attached hydrogens (tertiary/aromatic N) is 2. The molecule has 1 heterocycles. The first-order valence-corrected chi connectivity index (χ1v) is 7.50. The van der Waals surface area contributed by atoms with Crippen LogP contribution in [0.15, 0.2) is 53.5 Å². The summed E-state index contributed by atoms with van der Waals surface area (Å²) in [6.07, 6.45) is 2.16. The number of guanidine groups is 1. The molecular formula is C17H19Cl2N3. The third-order valence-corrected chi connectivity index (χ3v) is 4.09. The average Bonchev–Trinajstić information content (AvgIpc) is 2.49. The van der Waals surface area contributed by atoms with Crippen molar-refractivity contribution < 1.29 is 0 Å². The minimum absolute atomic E-state index is 0.